The first-order valence-corrected chi connectivity index (χ1v) is 9.50. The molecule has 2 heterocycles. The van der Waals surface area contributed by atoms with Gasteiger partial charge < -0.3 is 23.5 Å². The molecule has 0 saturated carbocycles. The van der Waals surface area contributed by atoms with Crippen LogP contribution in [0.2, 0.25) is 0 Å². The summed E-state index contributed by atoms with van der Waals surface area (Å²) < 4.78 is 27.1. The molecule has 0 saturated heterocycles. The van der Waals surface area contributed by atoms with Crippen molar-refractivity contribution in [1.82, 2.24) is 10.1 Å². The molecule has 0 bridgehead atoms. The average molecular weight is 398 g/mol. The van der Waals surface area contributed by atoms with E-state index >= 15 is 0 Å². The number of benzene rings is 1. The third kappa shape index (κ3) is 6.22. The summed E-state index contributed by atoms with van der Waals surface area (Å²) >= 11 is 0. The molecule has 7 heteroatoms. The molecule has 1 aromatic carbocycles. The van der Waals surface area contributed by atoms with E-state index in [1.54, 1.807) is 19.4 Å². The molecule has 3 rings (SSSR count). The predicted octanol–water partition coefficient (Wildman–Crippen LogP) is 4.52. The van der Waals surface area contributed by atoms with Gasteiger partial charge in [0.25, 0.3) is 5.88 Å². The van der Waals surface area contributed by atoms with E-state index in [0.29, 0.717) is 17.5 Å². The Kier molecular flexibility index (Phi) is 7.08. The molecule has 29 heavy (non-hydrogen) atoms. The van der Waals surface area contributed by atoms with Crippen molar-refractivity contribution in [2.24, 2.45) is 0 Å². The highest BCUT2D eigenvalue weighted by Gasteiger charge is 2.10. The molecule has 0 unspecified atom stereocenters. The maximum atomic E-state index is 6.04. The maximum absolute atomic E-state index is 6.04. The van der Waals surface area contributed by atoms with E-state index in [4.69, 9.17) is 23.5 Å². The SMILES string of the molecule is COCOc1cc(-c2ccc(O[C@H](C)Cc3ccnc(OC(C)C)c3)cc2)on1. The minimum atomic E-state index is -0.00511. The van der Waals surface area contributed by atoms with Crippen molar-refractivity contribution in [3.63, 3.8) is 0 Å². The van der Waals surface area contributed by atoms with Crippen LogP contribution >= 0.6 is 0 Å². The predicted molar refractivity (Wildman–Crippen MR) is 108 cm³/mol. The smallest absolute Gasteiger partial charge is 0.256 e. The highest BCUT2D eigenvalue weighted by molar-refractivity contribution is 5.59. The molecule has 3 aromatic rings. The molecule has 0 fully saturated rings. The van der Waals surface area contributed by atoms with Crippen molar-refractivity contribution in [2.75, 3.05) is 13.9 Å². The zero-order valence-corrected chi connectivity index (χ0v) is 17.1. The number of methoxy groups -OCH3 is 1. The van der Waals surface area contributed by atoms with E-state index in [9.17, 15) is 0 Å². The Morgan fingerprint density at radius 2 is 1.76 bits per heavy atom. The van der Waals surface area contributed by atoms with Gasteiger partial charge in [-0.05, 0) is 61.8 Å². The van der Waals surface area contributed by atoms with Gasteiger partial charge in [0.15, 0.2) is 12.6 Å². The number of rotatable bonds is 10. The first-order valence-electron chi connectivity index (χ1n) is 9.50. The van der Waals surface area contributed by atoms with Gasteiger partial charge in [0.1, 0.15) is 5.75 Å². The van der Waals surface area contributed by atoms with Crippen LogP contribution in [0.5, 0.6) is 17.5 Å². The topological polar surface area (TPSA) is 75.8 Å². The quantitative estimate of drug-likeness (QED) is 0.465. The zero-order chi connectivity index (χ0) is 20.6. The van der Waals surface area contributed by atoms with Gasteiger partial charge in [0.2, 0.25) is 5.88 Å². The molecule has 7 nitrogen and oxygen atoms in total. The molecule has 0 aliphatic rings. The standard InChI is InChI=1S/C22H26N2O5/c1-15(2)27-21-12-17(9-10-23-21)11-16(3)28-19-7-5-18(6-8-19)20-13-22(24-29-20)26-14-25-4/h5-10,12-13,15-16H,11,14H2,1-4H3/t16-/m1/s1. The third-order valence-corrected chi connectivity index (χ3v) is 3.97. The maximum Gasteiger partial charge on any atom is 0.256 e. The van der Waals surface area contributed by atoms with Gasteiger partial charge in [0.05, 0.1) is 12.2 Å². The molecular weight excluding hydrogens is 372 g/mol. The van der Waals surface area contributed by atoms with Crippen LogP contribution in [-0.2, 0) is 11.2 Å². The molecule has 0 amide bonds. The second-order valence-corrected chi connectivity index (χ2v) is 6.91. The molecule has 154 valence electrons. The van der Waals surface area contributed by atoms with Crippen molar-refractivity contribution in [3.05, 3.63) is 54.2 Å². The Morgan fingerprint density at radius 1 is 0.966 bits per heavy atom. The lowest BCUT2D eigenvalue weighted by Gasteiger charge is -2.16. The summed E-state index contributed by atoms with van der Waals surface area (Å²) in [5.74, 6) is 2.42. The minimum absolute atomic E-state index is 0.00511. The minimum Gasteiger partial charge on any atom is -0.490 e. The van der Waals surface area contributed by atoms with E-state index < -0.39 is 0 Å². The molecule has 0 aliphatic carbocycles. The molecule has 0 N–H and O–H groups in total. The van der Waals surface area contributed by atoms with Gasteiger partial charge in [0, 0.05) is 37.4 Å². The molecule has 2 aromatic heterocycles. The Labute approximate surface area is 170 Å². The Morgan fingerprint density at radius 3 is 2.48 bits per heavy atom. The second-order valence-electron chi connectivity index (χ2n) is 6.91. The molecular formula is C22H26N2O5. The highest BCUT2D eigenvalue weighted by atomic mass is 16.7. The first-order chi connectivity index (χ1) is 14.0. The van der Waals surface area contributed by atoms with Gasteiger partial charge in [-0.3, -0.25) is 0 Å². The van der Waals surface area contributed by atoms with Crippen molar-refractivity contribution < 1.29 is 23.5 Å². The number of nitrogens with zero attached hydrogens (tertiary/aromatic N) is 2. The fourth-order valence-corrected chi connectivity index (χ4v) is 2.77. The number of ether oxygens (including phenoxy) is 4. The lowest BCUT2D eigenvalue weighted by atomic mass is 10.1. The van der Waals surface area contributed by atoms with E-state index in [1.807, 2.05) is 57.2 Å². The largest absolute Gasteiger partial charge is 0.490 e. The van der Waals surface area contributed by atoms with E-state index in [0.717, 1.165) is 23.3 Å². The van der Waals surface area contributed by atoms with Gasteiger partial charge in [-0.25, -0.2) is 4.98 Å². The second kappa shape index (κ2) is 9.93. The van der Waals surface area contributed by atoms with Crippen LogP contribution < -0.4 is 14.2 Å². The summed E-state index contributed by atoms with van der Waals surface area (Å²) in [6, 6.07) is 13.3. The average Bonchev–Trinajstić information content (AvgIpc) is 3.15. The Hall–Kier alpha value is -3.06. The summed E-state index contributed by atoms with van der Waals surface area (Å²) in [6.07, 6.45) is 2.60. The van der Waals surface area contributed by atoms with Crippen molar-refractivity contribution in [3.8, 4) is 28.8 Å². The molecule has 1 atom stereocenters. The fraction of sp³-hybridized carbons (Fsp3) is 0.364. The number of hydrogen-bond acceptors (Lipinski definition) is 7. The lowest BCUT2D eigenvalue weighted by Crippen LogP contribution is -2.15. The molecule has 0 spiro atoms. The normalized spacial score (nSPS) is 12.0. The molecule has 0 radical (unpaired) electrons. The summed E-state index contributed by atoms with van der Waals surface area (Å²) in [4.78, 5) is 4.23. The van der Waals surface area contributed by atoms with Crippen LogP contribution in [0.1, 0.15) is 26.3 Å². The fourth-order valence-electron chi connectivity index (χ4n) is 2.77. The number of aromatic nitrogens is 2. The van der Waals surface area contributed by atoms with Gasteiger partial charge in [-0.15, -0.1) is 0 Å². The van der Waals surface area contributed by atoms with Crippen LogP contribution in [0, 0.1) is 0 Å². The van der Waals surface area contributed by atoms with Crippen LogP contribution in [0.25, 0.3) is 11.3 Å². The highest BCUT2D eigenvalue weighted by Crippen LogP contribution is 2.26. The number of pyridine rings is 1. The van der Waals surface area contributed by atoms with Gasteiger partial charge in [-0.2, -0.15) is 0 Å². The lowest BCUT2D eigenvalue weighted by molar-refractivity contribution is 0.0453. The summed E-state index contributed by atoms with van der Waals surface area (Å²) in [6.45, 7) is 6.12. The van der Waals surface area contributed by atoms with E-state index in [2.05, 4.69) is 10.1 Å². The van der Waals surface area contributed by atoms with Crippen LogP contribution in [0.15, 0.2) is 53.2 Å². The summed E-state index contributed by atoms with van der Waals surface area (Å²) in [5, 5.41) is 3.85. The first kappa shape index (κ1) is 20.7. The van der Waals surface area contributed by atoms with Crippen LogP contribution in [-0.4, -0.2) is 36.3 Å². The summed E-state index contributed by atoms with van der Waals surface area (Å²) in [7, 11) is 1.55. The third-order valence-electron chi connectivity index (χ3n) is 3.97. The zero-order valence-electron chi connectivity index (χ0n) is 17.1. The number of hydrogen-bond donors (Lipinski definition) is 0. The Bertz CT molecular complexity index is 892. The monoisotopic (exact) mass is 398 g/mol. The van der Waals surface area contributed by atoms with Crippen molar-refractivity contribution >= 4 is 0 Å². The van der Waals surface area contributed by atoms with E-state index in [1.165, 1.54) is 0 Å². The summed E-state index contributed by atoms with van der Waals surface area (Å²) in [5.41, 5.74) is 2.00. The van der Waals surface area contributed by atoms with Crippen molar-refractivity contribution in [1.29, 1.82) is 0 Å². The van der Waals surface area contributed by atoms with E-state index in [-0.39, 0.29) is 19.0 Å². The van der Waals surface area contributed by atoms with Crippen LogP contribution in [0.3, 0.4) is 0 Å². The van der Waals surface area contributed by atoms with Gasteiger partial charge in [-0.1, -0.05) is 0 Å². The van der Waals surface area contributed by atoms with Gasteiger partial charge >= 0.3 is 0 Å². The van der Waals surface area contributed by atoms with Crippen molar-refractivity contribution in [2.45, 2.75) is 39.4 Å². The Balaban J connectivity index is 1.57. The van der Waals surface area contributed by atoms with Crippen LogP contribution in [0.4, 0.5) is 0 Å². The molecule has 0 aliphatic heterocycles.